The van der Waals surface area contributed by atoms with Crippen molar-refractivity contribution in [2.75, 3.05) is 18.0 Å². The number of halogens is 1. The van der Waals surface area contributed by atoms with E-state index in [2.05, 4.69) is 35.3 Å². The maximum absolute atomic E-state index is 11.7. The maximum Gasteiger partial charge on any atom is 0.143 e. The summed E-state index contributed by atoms with van der Waals surface area (Å²) in [6, 6.07) is 16.2. The van der Waals surface area contributed by atoms with Gasteiger partial charge in [-0.2, -0.15) is 0 Å². The van der Waals surface area contributed by atoms with Crippen LogP contribution in [0.1, 0.15) is 30.5 Å². The molecule has 1 aliphatic heterocycles. The van der Waals surface area contributed by atoms with Crippen LogP contribution in [-0.2, 0) is 11.2 Å². The number of para-hydroxylation sites is 1. The second kappa shape index (κ2) is 7.82. The van der Waals surface area contributed by atoms with Crippen molar-refractivity contribution in [2.45, 2.75) is 31.8 Å². The number of carbonyl (C=O) groups excluding carboxylic acids is 1. The Labute approximate surface area is 148 Å². The molecule has 2 aromatic carbocycles. The van der Waals surface area contributed by atoms with E-state index in [1.54, 1.807) is 0 Å². The zero-order chi connectivity index (χ0) is 16.9. The molecule has 2 atom stereocenters. The highest BCUT2D eigenvalue weighted by Gasteiger charge is 2.24. The number of aryl methyl sites for hydroxylation is 1. The average molecular weight is 343 g/mol. The summed E-state index contributed by atoms with van der Waals surface area (Å²) in [6.45, 7) is 3.66. The van der Waals surface area contributed by atoms with Crippen LogP contribution in [0.3, 0.4) is 0 Å². The fourth-order valence-corrected chi connectivity index (χ4v) is 3.43. The summed E-state index contributed by atoms with van der Waals surface area (Å²) in [5.41, 5.74) is 3.70. The van der Waals surface area contributed by atoms with E-state index in [-0.39, 0.29) is 12.1 Å². The van der Waals surface area contributed by atoms with Gasteiger partial charge in [-0.3, -0.25) is 0 Å². The largest absolute Gasteiger partial charge is 0.360 e. The molecular formula is C20H23ClN2O. The van der Waals surface area contributed by atoms with Gasteiger partial charge in [0.2, 0.25) is 0 Å². The van der Waals surface area contributed by atoms with Gasteiger partial charge in [0.25, 0.3) is 0 Å². The molecule has 0 saturated heterocycles. The SMILES string of the molecule is CC(NCC(C=O)N1CCCc2ccccc21)c1ccc(Cl)cc1. The zero-order valence-corrected chi connectivity index (χ0v) is 14.7. The van der Waals surface area contributed by atoms with E-state index in [4.69, 9.17) is 11.6 Å². The first-order valence-corrected chi connectivity index (χ1v) is 8.85. The zero-order valence-electron chi connectivity index (χ0n) is 13.9. The molecule has 126 valence electrons. The summed E-state index contributed by atoms with van der Waals surface area (Å²) < 4.78 is 0. The first-order chi connectivity index (χ1) is 11.7. The number of rotatable bonds is 6. The number of carbonyl (C=O) groups is 1. The Morgan fingerprint density at radius 2 is 1.96 bits per heavy atom. The van der Waals surface area contributed by atoms with Gasteiger partial charge in [0.05, 0.1) is 6.04 Å². The molecule has 0 amide bonds. The Morgan fingerprint density at radius 1 is 1.21 bits per heavy atom. The lowest BCUT2D eigenvalue weighted by Gasteiger charge is -2.36. The molecule has 0 aromatic heterocycles. The molecule has 3 nitrogen and oxygen atoms in total. The number of nitrogens with one attached hydrogen (secondary N) is 1. The molecule has 0 saturated carbocycles. The molecule has 2 aromatic rings. The third kappa shape index (κ3) is 3.80. The van der Waals surface area contributed by atoms with Crippen molar-refractivity contribution >= 4 is 23.6 Å². The third-order valence-corrected chi connectivity index (χ3v) is 4.96. The summed E-state index contributed by atoms with van der Waals surface area (Å²) in [6.07, 6.45) is 3.24. The van der Waals surface area contributed by atoms with Gasteiger partial charge in [0, 0.05) is 29.8 Å². The quantitative estimate of drug-likeness (QED) is 0.805. The van der Waals surface area contributed by atoms with Crippen LogP contribution < -0.4 is 10.2 Å². The Hall–Kier alpha value is -1.84. The molecule has 1 heterocycles. The first-order valence-electron chi connectivity index (χ1n) is 8.47. The van der Waals surface area contributed by atoms with Crippen LogP contribution >= 0.6 is 11.6 Å². The minimum Gasteiger partial charge on any atom is -0.360 e. The number of anilines is 1. The van der Waals surface area contributed by atoms with Crippen LogP contribution in [0.4, 0.5) is 5.69 Å². The van der Waals surface area contributed by atoms with Gasteiger partial charge in [-0.15, -0.1) is 0 Å². The fraction of sp³-hybridized carbons (Fsp3) is 0.350. The smallest absolute Gasteiger partial charge is 0.143 e. The van der Waals surface area contributed by atoms with Crippen LogP contribution in [-0.4, -0.2) is 25.4 Å². The highest BCUT2D eigenvalue weighted by Crippen LogP contribution is 2.28. The lowest BCUT2D eigenvalue weighted by molar-refractivity contribution is -0.108. The molecule has 0 aliphatic carbocycles. The minimum atomic E-state index is -0.152. The fourth-order valence-electron chi connectivity index (χ4n) is 3.31. The number of nitrogens with zero attached hydrogens (tertiary/aromatic N) is 1. The maximum atomic E-state index is 11.7. The highest BCUT2D eigenvalue weighted by atomic mass is 35.5. The Kier molecular flexibility index (Phi) is 5.54. The second-order valence-electron chi connectivity index (χ2n) is 6.31. The third-order valence-electron chi connectivity index (χ3n) is 4.71. The van der Waals surface area contributed by atoms with Gasteiger partial charge in [-0.1, -0.05) is 41.9 Å². The van der Waals surface area contributed by atoms with E-state index in [1.807, 2.05) is 30.3 Å². The van der Waals surface area contributed by atoms with Crippen LogP contribution in [0.2, 0.25) is 5.02 Å². The Bertz CT molecular complexity index is 686. The van der Waals surface area contributed by atoms with Crippen molar-refractivity contribution in [1.29, 1.82) is 0 Å². The molecule has 3 rings (SSSR count). The normalized spacial score (nSPS) is 16.3. The van der Waals surface area contributed by atoms with Gasteiger partial charge < -0.3 is 15.0 Å². The number of fused-ring (bicyclic) bond motifs is 1. The van der Waals surface area contributed by atoms with Gasteiger partial charge >= 0.3 is 0 Å². The Morgan fingerprint density at radius 3 is 2.71 bits per heavy atom. The van der Waals surface area contributed by atoms with E-state index in [9.17, 15) is 4.79 Å². The van der Waals surface area contributed by atoms with Crippen LogP contribution in [0.5, 0.6) is 0 Å². The monoisotopic (exact) mass is 342 g/mol. The molecule has 1 N–H and O–H groups in total. The highest BCUT2D eigenvalue weighted by molar-refractivity contribution is 6.30. The topological polar surface area (TPSA) is 32.3 Å². The first kappa shape index (κ1) is 17.0. The Balaban J connectivity index is 1.67. The van der Waals surface area contributed by atoms with Crippen molar-refractivity contribution in [2.24, 2.45) is 0 Å². The molecule has 24 heavy (non-hydrogen) atoms. The molecular weight excluding hydrogens is 320 g/mol. The summed E-state index contributed by atoms with van der Waals surface area (Å²) >= 11 is 5.94. The number of benzene rings is 2. The number of hydrogen-bond acceptors (Lipinski definition) is 3. The molecule has 4 heteroatoms. The lowest BCUT2D eigenvalue weighted by Crippen LogP contribution is -2.46. The second-order valence-corrected chi connectivity index (χ2v) is 6.75. The molecule has 0 bridgehead atoms. The summed E-state index contributed by atoms with van der Waals surface area (Å²) in [5.74, 6) is 0. The van der Waals surface area contributed by atoms with Crippen molar-refractivity contribution in [3.63, 3.8) is 0 Å². The van der Waals surface area contributed by atoms with Gasteiger partial charge in [-0.25, -0.2) is 0 Å². The van der Waals surface area contributed by atoms with Crippen molar-refractivity contribution in [3.05, 3.63) is 64.7 Å². The summed E-state index contributed by atoms with van der Waals surface area (Å²) in [7, 11) is 0. The van der Waals surface area contributed by atoms with Crippen molar-refractivity contribution in [1.82, 2.24) is 5.32 Å². The average Bonchev–Trinajstić information content (AvgIpc) is 2.62. The van der Waals surface area contributed by atoms with Crippen LogP contribution in [0.25, 0.3) is 0 Å². The van der Waals surface area contributed by atoms with Crippen LogP contribution in [0.15, 0.2) is 48.5 Å². The standard InChI is InChI=1S/C20H23ClN2O/c1-15(16-8-10-18(21)11-9-16)22-13-19(14-24)23-12-4-6-17-5-2-3-7-20(17)23/h2-3,5,7-11,14-15,19,22H,4,6,12-13H2,1H3. The predicted octanol–water partition coefficient (Wildman–Crippen LogP) is 4.01. The number of aldehydes is 1. The lowest BCUT2D eigenvalue weighted by atomic mass is 10.00. The van der Waals surface area contributed by atoms with E-state index < -0.39 is 0 Å². The van der Waals surface area contributed by atoms with Crippen molar-refractivity contribution in [3.8, 4) is 0 Å². The summed E-state index contributed by atoms with van der Waals surface area (Å²) in [5, 5.41) is 4.22. The van der Waals surface area contributed by atoms with Crippen molar-refractivity contribution < 1.29 is 4.79 Å². The van der Waals surface area contributed by atoms with Gasteiger partial charge in [0.1, 0.15) is 6.29 Å². The van der Waals surface area contributed by atoms with E-state index in [0.29, 0.717) is 6.54 Å². The molecule has 0 fully saturated rings. The predicted molar refractivity (Wildman–Crippen MR) is 99.8 cm³/mol. The molecule has 1 aliphatic rings. The molecule has 2 unspecified atom stereocenters. The number of hydrogen-bond donors (Lipinski definition) is 1. The minimum absolute atomic E-state index is 0.152. The van der Waals surface area contributed by atoms with Crippen LogP contribution in [0, 0.1) is 0 Å². The molecule has 0 radical (unpaired) electrons. The molecule has 0 spiro atoms. The summed E-state index contributed by atoms with van der Waals surface area (Å²) in [4.78, 5) is 13.9. The van der Waals surface area contributed by atoms with E-state index in [0.717, 1.165) is 30.7 Å². The van der Waals surface area contributed by atoms with E-state index >= 15 is 0 Å². The van der Waals surface area contributed by atoms with Gasteiger partial charge in [-0.05, 0) is 49.1 Å². The van der Waals surface area contributed by atoms with Gasteiger partial charge in [0.15, 0.2) is 0 Å². The van der Waals surface area contributed by atoms with E-state index in [1.165, 1.54) is 16.8 Å².